The number of rotatable bonds is 17. The second-order valence-electron chi connectivity index (χ2n) is 7.45. The maximum atomic E-state index is 11.7. The van der Waals surface area contributed by atoms with Crippen LogP contribution < -0.4 is 0 Å². The number of hydrogen-bond acceptors (Lipinski definition) is 3. The highest BCUT2D eigenvalue weighted by atomic mass is 16.6. The van der Waals surface area contributed by atoms with Gasteiger partial charge in [-0.3, -0.25) is 0 Å². The Morgan fingerprint density at radius 1 is 0.708 bits per heavy atom. The summed E-state index contributed by atoms with van der Waals surface area (Å²) in [4.78, 5) is 11.7. The fourth-order valence-corrected chi connectivity index (χ4v) is 2.72. The van der Waals surface area contributed by atoms with Gasteiger partial charge >= 0.3 is 5.97 Å². The standard InChI is InChI=1S/C21H42O3/c1-5-6-7-8-9-10-11-12-13-14-15-16-17-18-19-24-20(22)21(2,3)23-4/h5-19H2,1-4H3. The number of carbonyl (C=O) groups is 1. The van der Waals surface area contributed by atoms with Crippen molar-refractivity contribution in [3.05, 3.63) is 0 Å². The van der Waals surface area contributed by atoms with Gasteiger partial charge in [-0.2, -0.15) is 0 Å². The Labute approximate surface area is 150 Å². The van der Waals surface area contributed by atoms with Crippen molar-refractivity contribution < 1.29 is 14.3 Å². The second-order valence-corrected chi connectivity index (χ2v) is 7.45. The minimum atomic E-state index is -0.823. The van der Waals surface area contributed by atoms with Crippen LogP contribution in [-0.4, -0.2) is 25.3 Å². The third-order valence-electron chi connectivity index (χ3n) is 4.73. The molecule has 0 aliphatic rings. The van der Waals surface area contributed by atoms with Gasteiger partial charge in [0.15, 0.2) is 5.60 Å². The van der Waals surface area contributed by atoms with Gasteiger partial charge in [0.1, 0.15) is 0 Å². The van der Waals surface area contributed by atoms with Crippen LogP contribution in [0.5, 0.6) is 0 Å². The van der Waals surface area contributed by atoms with Crippen molar-refractivity contribution >= 4 is 5.97 Å². The van der Waals surface area contributed by atoms with E-state index in [1.807, 2.05) is 0 Å². The lowest BCUT2D eigenvalue weighted by Crippen LogP contribution is -2.35. The second kappa shape index (κ2) is 15.9. The number of ether oxygens (including phenoxy) is 2. The number of methoxy groups -OCH3 is 1. The molecule has 0 aromatic rings. The molecule has 0 atom stereocenters. The molecule has 0 N–H and O–H groups in total. The molecule has 0 spiro atoms. The molecule has 0 aromatic carbocycles. The van der Waals surface area contributed by atoms with E-state index in [-0.39, 0.29) is 5.97 Å². The van der Waals surface area contributed by atoms with Gasteiger partial charge in [0.2, 0.25) is 0 Å². The fourth-order valence-electron chi connectivity index (χ4n) is 2.72. The zero-order chi connectivity index (χ0) is 18.1. The maximum Gasteiger partial charge on any atom is 0.337 e. The third kappa shape index (κ3) is 13.8. The summed E-state index contributed by atoms with van der Waals surface area (Å²) in [5.41, 5.74) is -0.823. The quantitative estimate of drug-likeness (QED) is 0.225. The van der Waals surface area contributed by atoms with Crippen LogP contribution >= 0.6 is 0 Å². The molecule has 3 nitrogen and oxygen atoms in total. The Balaban J connectivity index is 3.19. The molecule has 0 amide bonds. The van der Waals surface area contributed by atoms with E-state index in [1.54, 1.807) is 13.8 Å². The molecule has 0 radical (unpaired) electrons. The van der Waals surface area contributed by atoms with Crippen LogP contribution in [0.15, 0.2) is 0 Å². The highest BCUT2D eigenvalue weighted by Gasteiger charge is 2.28. The predicted octanol–water partition coefficient (Wildman–Crippen LogP) is 6.44. The maximum absolute atomic E-state index is 11.7. The van der Waals surface area contributed by atoms with Gasteiger partial charge < -0.3 is 9.47 Å². The lowest BCUT2D eigenvalue weighted by molar-refractivity contribution is -0.165. The molecule has 144 valence electrons. The smallest absolute Gasteiger partial charge is 0.337 e. The van der Waals surface area contributed by atoms with E-state index in [0.29, 0.717) is 6.61 Å². The molecule has 0 saturated heterocycles. The summed E-state index contributed by atoms with van der Waals surface area (Å²) in [6, 6.07) is 0. The first-order valence-corrected chi connectivity index (χ1v) is 10.3. The molecule has 0 aromatic heterocycles. The van der Waals surface area contributed by atoms with Crippen molar-refractivity contribution in [2.75, 3.05) is 13.7 Å². The number of hydrogen-bond donors (Lipinski definition) is 0. The van der Waals surface area contributed by atoms with Crippen LogP contribution in [0.3, 0.4) is 0 Å². The van der Waals surface area contributed by atoms with Crippen LogP contribution in [0.2, 0.25) is 0 Å². The Bertz CT molecular complexity index is 287. The summed E-state index contributed by atoms with van der Waals surface area (Å²) in [5, 5.41) is 0. The van der Waals surface area contributed by atoms with Crippen LogP contribution in [-0.2, 0) is 14.3 Å². The molecule has 3 heteroatoms. The minimum Gasteiger partial charge on any atom is -0.464 e. The SMILES string of the molecule is CCCCCCCCCCCCCCCCOC(=O)C(C)(C)OC. The van der Waals surface area contributed by atoms with E-state index in [4.69, 9.17) is 9.47 Å². The summed E-state index contributed by atoms with van der Waals surface area (Å²) in [5.74, 6) is -0.264. The topological polar surface area (TPSA) is 35.5 Å². The van der Waals surface area contributed by atoms with Gasteiger partial charge in [-0.1, -0.05) is 90.4 Å². The highest BCUT2D eigenvalue weighted by molar-refractivity contribution is 5.78. The molecule has 0 heterocycles. The van der Waals surface area contributed by atoms with Crippen LogP contribution in [0, 0.1) is 0 Å². The molecule has 0 aliphatic heterocycles. The van der Waals surface area contributed by atoms with Crippen molar-refractivity contribution in [1.82, 2.24) is 0 Å². The molecular formula is C21H42O3. The van der Waals surface area contributed by atoms with Gasteiger partial charge in [-0.15, -0.1) is 0 Å². The largest absolute Gasteiger partial charge is 0.464 e. The van der Waals surface area contributed by atoms with Crippen LogP contribution in [0.1, 0.15) is 111 Å². The van der Waals surface area contributed by atoms with E-state index in [2.05, 4.69) is 6.92 Å². The van der Waals surface area contributed by atoms with E-state index < -0.39 is 5.60 Å². The van der Waals surface area contributed by atoms with Crippen LogP contribution in [0.25, 0.3) is 0 Å². The molecule has 0 unspecified atom stereocenters. The Morgan fingerprint density at radius 2 is 1.08 bits per heavy atom. The molecule has 0 bridgehead atoms. The van der Waals surface area contributed by atoms with Crippen molar-refractivity contribution in [3.8, 4) is 0 Å². The molecule has 0 saturated carbocycles. The third-order valence-corrected chi connectivity index (χ3v) is 4.73. The Hall–Kier alpha value is -0.570. The van der Waals surface area contributed by atoms with Gasteiger partial charge in [0, 0.05) is 7.11 Å². The van der Waals surface area contributed by atoms with Gasteiger partial charge in [0.25, 0.3) is 0 Å². The zero-order valence-electron chi connectivity index (χ0n) is 16.8. The summed E-state index contributed by atoms with van der Waals surface area (Å²) in [6.45, 7) is 6.26. The first-order chi connectivity index (χ1) is 11.5. The average Bonchev–Trinajstić information content (AvgIpc) is 2.58. The van der Waals surface area contributed by atoms with Crippen molar-refractivity contribution in [3.63, 3.8) is 0 Å². The summed E-state index contributed by atoms with van der Waals surface area (Å²) in [7, 11) is 1.54. The monoisotopic (exact) mass is 342 g/mol. The molecular weight excluding hydrogens is 300 g/mol. The normalized spacial score (nSPS) is 11.7. The lowest BCUT2D eigenvalue weighted by Gasteiger charge is -2.20. The zero-order valence-corrected chi connectivity index (χ0v) is 16.8. The van der Waals surface area contributed by atoms with E-state index in [1.165, 1.54) is 84.2 Å². The molecule has 0 fully saturated rings. The number of unbranched alkanes of at least 4 members (excludes halogenated alkanes) is 13. The lowest BCUT2D eigenvalue weighted by atomic mass is 10.0. The van der Waals surface area contributed by atoms with Gasteiger partial charge in [0.05, 0.1) is 6.61 Å². The highest BCUT2D eigenvalue weighted by Crippen LogP contribution is 2.13. The number of esters is 1. The van der Waals surface area contributed by atoms with E-state index in [0.717, 1.165) is 12.8 Å². The molecule has 0 rings (SSSR count). The van der Waals surface area contributed by atoms with Gasteiger partial charge in [-0.05, 0) is 20.3 Å². The Kier molecular flexibility index (Phi) is 15.6. The van der Waals surface area contributed by atoms with Crippen molar-refractivity contribution in [1.29, 1.82) is 0 Å². The molecule has 0 aliphatic carbocycles. The average molecular weight is 343 g/mol. The summed E-state index contributed by atoms with van der Waals surface area (Å²) in [6.07, 6.45) is 18.7. The molecule has 24 heavy (non-hydrogen) atoms. The predicted molar refractivity (Wildman–Crippen MR) is 102 cm³/mol. The Morgan fingerprint density at radius 3 is 1.46 bits per heavy atom. The first kappa shape index (κ1) is 23.4. The van der Waals surface area contributed by atoms with Crippen molar-refractivity contribution in [2.24, 2.45) is 0 Å². The minimum absolute atomic E-state index is 0.264. The van der Waals surface area contributed by atoms with Gasteiger partial charge in [-0.25, -0.2) is 4.79 Å². The summed E-state index contributed by atoms with van der Waals surface area (Å²) >= 11 is 0. The van der Waals surface area contributed by atoms with Crippen molar-refractivity contribution in [2.45, 2.75) is 116 Å². The number of carbonyl (C=O) groups excluding carboxylic acids is 1. The summed E-state index contributed by atoms with van der Waals surface area (Å²) < 4.78 is 10.3. The first-order valence-electron chi connectivity index (χ1n) is 10.3. The fraction of sp³-hybridized carbons (Fsp3) is 0.952. The van der Waals surface area contributed by atoms with E-state index in [9.17, 15) is 4.79 Å². The van der Waals surface area contributed by atoms with E-state index >= 15 is 0 Å². The van der Waals surface area contributed by atoms with Crippen LogP contribution in [0.4, 0.5) is 0 Å².